The van der Waals surface area contributed by atoms with Crippen LogP contribution in [0.3, 0.4) is 0 Å². The molecule has 0 aromatic heterocycles. The Hall–Kier alpha value is -1.39. The third-order valence-corrected chi connectivity index (χ3v) is 4.57. The van der Waals surface area contributed by atoms with Crippen LogP contribution in [0.5, 0.6) is 0 Å². The van der Waals surface area contributed by atoms with Gasteiger partial charge in [-0.15, -0.1) is 0 Å². The number of hydrogen-bond donors (Lipinski definition) is 1. The first kappa shape index (κ1) is 28.6. The Morgan fingerprint density at radius 3 is 1.47 bits per heavy atom. The van der Waals surface area contributed by atoms with Crippen molar-refractivity contribution >= 4 is 15.9 Å². The molecule has 0 heterocycles. The van der Waals surface area contributed by atoms with Crippen LogP contribution in [0, 0.1) is 0 Å². The average molecular weight is 569 g/mol. The molecule has 17 heteroatoms. The number of halogens is 16. The summed E-state index contributed by atoms with van der Waals surface area (Å²) in [6, 6.07) is 3.78. The lowest BCUT2D eigenvalue weighted by Gasteiger charge is -2.41. The van der Waals surface area contributed by atoms with Crippen molar-refractivity contribution in [3.63, 3.8) is 0 Å². The standard InChI is InChI=1S/C15H8BrF15O/c16-7-3-1-2-6(4-7)8(32)5-9(17,18)10(19,20)11(21,22)12(23,24)13(25,26)14(27,28)15(29,30)31/h1-4,8,32H,5H2. The minimum absolute atomic E-state index is 0.0232. The molecule has 32 heavy (non-hydrogen) atoms. The maximum Gasteiger partial charge on any atom is 0.460 e. The second-order valence-corrected chi connectivity index (χ2v) is 7.26. The Bertz CT molecular complexity index is 817. The molecule has 0 aliphatic rings. The minimum atomic E-state index is -8.34. The highest BCUT2D eigenvalue weighted by molar-refractivity contribution is 9.10. The highest BCUT2D eigenvalue weighted by Gasteiger charge is 2.93. The molecule has 0 amide bonds. The number of aliphatic hydroxyl groups excluding tert-OH is 1. The zero-order valence-corrected chi connectivity index (χ0v) is 16.2. The molecule has 1 rings (SSSR count). The van der Waals surface area contributed by atoms with Crippen LogP contribution in [0.15, 0.2) is 28.7 Å². The van der Waals surface area contributed by atoms with E-state index in [2.05, 4.69) is 15.9 Å². The van der Waals surface area contributed by atoms with Gasteiger partial charge >= 0.3 is 41.7 Å². The van der Waals surface area contributed by atoms with E-state index in [1.807, 2.05) is 0 Å². The van der Waals surface area contributed by atoms with Crippen LogP contribution in [0.4, 0.5) is 65.9 Å². The van der Waals surface area contributed by atoms with Crippen molar-refractivity contribution in [1.82, 2.24) is 0 Å². The predicted molar refractivity (Wildman–Crippen MR) is 79.5 cm³/mol. The van der Waals surface area contributed by atoms with Gasteiger partial charge in [-0.2, -0.15) is 65.9 Å². The van der Waals surface area contributed by atoms with Gasteiger partial charge in [0.2, 0.25) is 0 Å². The van der Waals surface area contributed by atoms with Crippen LogP contribution < -0.4 is 0 Å². The molecule has 1 aromatic rings. The summed E-state index contributed by atoms with van der Waals surface area (Å²) in [5.41, 5.74) is -0.682. The summed E-state index contributed by atoms with van der Waals surface area (Å²) in [6.07, 6.45) is -13.3. The zero-order chi connectivity index (χ0) is 25.8. The normalized spacial score (nSPS) is 16.3. The van der Waals surface area contributed by atoms with E-state index in [4.69, 9.17) is 0 Å². The van der Waals surface area contributed by atoms with Crippen molar-refractivity contribution in [2.24, 2.45) is 0 Å². The van der Waals surface area contributed by atoms with Crippen LogP contribution in [0.2, 0.25) is 0 Å². The first-order chi connectivity index (χ1) is 13.9. The highest BCUT2D eigenvalue weighted by Crippen LogP contribution is 2.63. The van der Waals surface area contributed by atoms with Gasteiger partial charge in [0.1, 0.15) is 0 Å². The molecule has 0 aliphatic carbocycles. The fraction of sp³-hybridized carbons (Fsp3) is 0.600. The molecule has 0 saturated carbocycles. The van der Waals surface area contributed by atoms with Crippen molar-refractivity contribution < 1.29 is 71.0 Å². The third kappa shape index (κ3) is 4.25. The largest absolute Gasteiger partial charge is 0.460 e. The second-order valence-electron chi connectivity index (χ2n) is 6.35. The Kier molecular flexibility index (Phi) is 7.27. The molecule has 0 spiro atoms. The molecule has 0 bridgehead atoms. The number of rotatable bonds is 8. The van der Waals surface area contributed by atoms with E-state index >= 15 is 0 Å². The topological polar surface area (TPSA) is 20.2 Å². The van der Waals surface area contributed by atoms with Crippen molar-refractivity contribution in [1.29, 1.82) is 0 Å². The van der Waals surface area contributed by atoms with Gasteiger partial charge in [-0.05, 0) is 17.7 Å². The Balaban J connectivity index is 3.45. The van der Waals surface area contributed by atoms with Crippen LogP contribution in [0.1, 0.15) is 18.1 Å². The van der Waals surface area contributed by atoms with Crippen LogP contribution in [-0.4, -0.2) is 46.8 Å². The predicted octanol–water partition coefficient (Wildman–Crippen LogP) is 7.25. The SMILES string of the molecule is OC(CC(F)(F)C(F)(F)C(F)(F)C(F)(F)C(F)(F)C(F)(F)C(F)(F)F)c1cccc(Br)c1. The Labute approximate surface area is 176 Å². The summed E-state index contributed by atoms with van der Waals surface area (Å²) in [5, 5.41) is 9.52. The number of alkyl halides is 15. The molecule has 1 N–H and O–H groups in total. The van der Waals surface area contributed by atoms with E-state index in [0.717, 1.165) is 18.2 Å². The van der Waals surface area contributed by atoms with Gasteiger partial charge < -0.3 is 5.11 Å². The van der Waals surface area contributed by atoms with Crippen molar-refractivity contribution in [2.45, 2.75) is 54.2 Å². The van der Waals surface area contributed by atoms with E-state index in [1.165, 1.54) is 6.07 Å². The molecule has 1 unspecified atom stereocenters. The summed E-state index contributed by atoms with van der Waals surface area (Å²) in [6.45, 7) is 0. The van der Waals surface area contributed by atoms with Crippen LogP contribution in [0.25, 0.3) is 0 Å². The first-order valence-electron chi connectivity index (χ1n) is 7.65. The fourth-order valence-corrected chi connectivity index (χ4v) is 2.62. The molecule has 1 nitrogen and oxygen atoms in total. The maximum atomic E-state index is 13.8. The quantitative estimate of drug-likeness (QED) is 0.328. The van der Waals surface area contributed by atoms with Crippen molar-refractivity contribution in [3.8, 4) is 0 Å². The number of aliphatic hydroxyl groups is 1. The fourth-order valence-electron chi connectivity index (χ4n) is 2.20. The van der Waals surface area contributed by atoms with Gasteiger partial charge in [-0.1, -0.05) is 28.1 Å². The minimum Gasteiger partial charge on any atom is -0.388 e. The van der Waals surface area contributed by atoms with Gasteiger partial charge in [0.25, 0.3) is 0 Å². The molecular formula is C15H8BrF15O. The Morgan fingerprint density at radius 1 is 0.656 bits per heavy atom. The maximum absolute atomic E-state index is 13.8. The molecule has 0 radical (unpaired) electrons. The summed E-state index contributed by atoms with van der Waals surface area (Å²) < 4.78 is 197. The van der Waals surface area contributed by atoms with Gasteiger partial charge in [0.15, 0.2) is 0 Å². The van der Waals surface area contributed by atoms with Crippen LogP contribution >= 0.6 is 15.9 Å². The lowest BCUT2D eigenvalue weighted by atomic mass is 9.88. The molecule has 0 saturated heterocycles. The van der Waals surface area contributed by atoms with Gasteiger partial charge in [0.05, 0.1) is 6.10 Å². The monoisotopic (exact) mass is 568 g/mol. The van der Waals surface area contributed by atoms with E-state index in [0.29, 0.717) is 0 Å². The summed E-state index contributed by atoms with van der Waals surface area (Å²) >= 11 is 2.75. The lowest BCUT2D eigenvalue weighted by molar-refractivity contribution is -0.453. The molecule has 1 aromatic carbocycles. The van der Waals surface area contributed by atoms with E-state index < -0.39 is 59.8 Å². The first-order valence-corrected chi connectivity index (χ1v) is 8.45. The summed E-state index contributed by atoms with van der Waals surface area (Å²) in [5.74, 6) is -46.9. The highest BCUT2D eigenvalue weighted by atomic mass is 79.9. The summed E-state index contributed by atoms with van der Waals surface area (Å²) in [7, 11) is 0. The van der Waals surface area contributed by atoms with Crippen LogP contribution in [-0.2, 0) is 0 Å². The average Bonchev–Trinajstić information content (AvgIpc) is 2.59. The molecule has 186 valence electrons. The lowest BCUT2D eigenvalue weighted by Crippen LogP contribution is -2.72. The van der Waals surface area contributed by atoms with E-state index in [-0.39, 0.29) is 4.47 Å². The van der Waals surface area contributed by atoms with Gasteiger partial charge in [-0.25, -0.2) is 0 Å². The number of hydrogen-bond acceptors (Lipinski definition) is 1. The van der Waals surface area contributed by atoms with Crippen molar-refractivity contribution in [2.75, 3.05) is 0 Å². The van der Waals surface area contributed by atoms with E-state index in [9.17, 15) is 71.0 Å². The molecule has 0 aliphatic heterocycles. The summed E-state index contributed by atoms with van der Waals surface area (Å²) in [4.78, 5) is 0. The molecule has 0 fully saturated rings. The smallest absolute Gasteiger partial charge is 0.388 e. The second kappa shape index (κ2) is 8.13. The zero-order valence-electron chi connectivity index (χ0n) is 14.6. The van der Waals surface area contributed by atoms with Gasteiger partial charge in [-0.3, -0.25) is 0 Å². The Morgan fingerprint density at radius 2 is 1.06 bits per heavy atom. The van der Waals surface area contributed by atoms with E-state index in [1.54, 1.807) is 0 Å². The van der Waals surface area contributed by atoms with Crippen molar-refractivity contribution in [3.05, 3.63) is 34.3 Å². The third-order valence-electron chi connectivity index (χ3n) is 4.08. The number of benzene rings is 1. The van der Waals surface area contributed by atoms with Gasteiger partial charge in [0, 0.05) is 10.9 Å². The molecule has 1 atom stereocenters. The molecular weight excluding hydrogens is 561 g/mol.